The van der Waals surface area contributed by atoms with Crippen LogP contribution in [0.5, 0.6) is 0 Å². The zero-order valence-corrected chi connectivity index (χ0v) is 17.1. The molecule has 0 aliphatic heterocycles. The Balaban J connectivity index is 1.59. The minimum atomic E-state index is -4.56. The summed E-state index contributed by atoms with van der Waals surface area (Å²) in [4.78, 5) is 11.4. The summed E-state index contributed by atoms with van der Waals surface area (Å²) in [5.74, 6) is 0.126. The molecule has 31 heavy (non-hydrogen) atoms. The number of hydrogen-bond donors (Lipinski definition) is 1. The Morgan fingerprint density at radius 3 is 2.58 bits per heavy atom. The molecule has 1 saturated carbocycles. The molecule has 3 aromatic rings. The molecule has 1 aliphatic carbocycles. The number of esters is 1. The molecule has 1 fully saturated rings. The molecule has 4 rings (SSSR count). The number of nitrogens with one attached hydrogen (secondary N) is 1. The summed E-state index contributed by atoms with van der Waals surface area (Å²) in [6, 6.07) is 9.92. The van der Waals surface area contributed by atoms with Gasteiger partial charge in [0.25, 0.3) is 0 Å². The van der Waals surface area contributed by atoms with Gasteiger partial charge in [0.15, 0.2) is 0 Å². The fraction of sp³-hybridized carbons (Fsp3) is 0.409. The van der Waals surface area contributed by atoms with Crippen molar-refractivity contribution in [3.05, 3.63) is 47.5 Å². The quantitative estimate of drug-likeness (QED) is 0.541. The monoisotopic (exact) mass is 432 g/mol. The largest absolute Gasteiger partial charge is 0.465 e. The van der Waals surface area contributed by atoms with Crippen LogP contribution in [0.25, 0.3) is 22.2 Å². The van der Waals surface area contributed by atoms with Crippen LogP contribution in [0.3, 0.4) is 0 Å². The van der Waals surface area contributed by atoms with Crippen molar-refractivity contribution in [3.8, 4) is 11.1 Å². The van der Waals surface area contributed by atoms with Crippen LogP contribution >= 0.6 is 0 Å². The molecule has 1 heterocycles. The maximum Gasteiger partial charge on any atom is 0.419 e. The first kappa shape index (κ1) is 21.3. The van der Waals surface area contributed by atoms with Gasteiger partial charge in [0.1, 0.15) is 5.52 Å². The Morgan fingerprint density at radius 1 is 1.19 bits per heavy atom. The summed E-state index contributed by atoms with van der Waals surface area (Å²) in [6.45, 7) is 3.12. The van der Waals surface area contributed by atoms with Gasteiger partial charge in [-0.25, -0.2) is 4.68 Å². The molecule has 0 atom stereocenters. The molecule has 1 aliphatic rings. The smallest absolute Gasteiger partial charge is 0.419 e. The number of carbonyl (C=O) groups excluding carboxylic acids is 1. The minimum absolute atomic E-state index is 0.0704. The number of halogens is 3. The number of benzene rings is 2. The SMILES string of the molecule is CCOC(=O)CNCc1ccc(-c2ccc3c(nnn3CC3CC3)c2C(F)(F)F)cc1. The maximum atomic E-state index is 14.0. The van der Waals surface area contributed by atoms with Crippen molar-refractivity contribution < 1.29 is 22.7 Å². The van der Waals surface area contributed by atoms with Gasteiger partial charge in [0.2, 0.25) is 0 Å². The van der Waals surface area contributed by atoms with Crippen LogP contribution in [0.2, 0.25) is 0 Å². The summed E-state index contributed by atoms with van der Waals surface area (Å²) >= 11 is 0. The fourth-order valence-electron chi connectivity index (χ4n) is 3.57. The van der Waals surface area contributed by atoms with Gasteiger partial charge < -0.3 is 10.1 Å². The van der Waals surface area contributed by atoms with E-state index in [4.69, 9.17) is 4.74 Å². The molecule has 0 unspecified atom stereocenters. The van der Waals surface area contributed by atoms with E-state index in [0.29, 0.717) is 36.7 Å². The molecule has 0 radical (unpaired) electrons. The van der Waals surface area contributed by atoms with Crippen LogP contribution in [-0.4, -0.2) is 34.1 Å². The Hall–Kier alpha value is -2.94. The highest BCUT2D eigenvalue weighted by atomic mass is 19.4. The maximum absolute atomic E-state index is 14.0. The van der Waals surface area contributed by atoms with Gasteiger partial charge in [-0.3, -0.25) is 4.79 Å². The Kier molecular flexibility index (Phi) is 5.95. The number of nitrogens with zero attached hydrogens (tertiary/aromatic N) is 3. The first-order valence-corrected chi connectivity index (χ1v) is 10.3. The van der Waals surface area contributed by atoms with Gasteiger partial charge in [-0.05, 0) is 48.4 Å². The fourth-order valence-corrected chi connectivity index (χ4v) is 3.57. The van der Waals surface area contributed by atoms with Crippen molar-refractivity contribution in [2.75, 3.05) is 13.2 Å². The predicted molar refractivity (Wildman–Crippen MR) is 109 cm³/mol. The third-order valence-corrected chi connectivity index (χ3v) is 5.27. The Morgan fingerprint density at radius 2 is 1.94 bits per heavy atom. The topological polar surface area (TPSA) is 69.0 Å². The van der Waals surface area contributed by atoms with E-state index >= 15 is 0 Å². The average Bonchev–Trinajstić information content (AvgIpc) is 3.46. The number of aromatic nitrogens is 3. The summed E-state index contributed by atoms with van der Waals surface area (Å²) in [6.07, 6.45) is -2.41. The van der Waals surface area contributed by atoms with Gasteiger partial charge >= 0.3 is 12.1 Å². The molecule has 2 aromatic carbocycles. The van der Waals surface area contributed by atoms with Crippen LogP contribution in [-0.2, 0) is 28.8 Å². The first-order valence-electron chi connectivity index (χ1n) is 10.3. The van der Waals surface area contributed by atoms with E-state index in [0.717, 1.165) is 18.4 Å². The minimum Gasteiger partial charge on any atom is -0.465 e. The third kappa shape index (κ3) is 4.87. The third-order valence-electron chi connectivity index (χ3n) is 5.27. The number of ether oxygens (including phenoxy) is 1. The summed E-state index contributed by atoms with van der Waals surface area (Å²) in [5.41, 5.74) is 0.886. The van der Waals surface area contributed by atoms with Crippen molar-refractivity contribution in [1.82, 2.24) is 20.3 Å². The molecular weight excluding hydrogens is 409 g/mol. The van der Waals surface area contributed by atoms with Crippen molar-refractivity contribution in [2.24, 2.45) is 5.92 Å². The second-order valence-corrected chi connectivity index (χ2v) is 7.67. The zero-order chi connectivity index (χ0) is 22.0. The highest BCUT2D eigenvalue weighted by Crippen LogP contribution is 2.41. The summed E-state index contributed by atoms with van der Waals surface area (Å²) in [7, 11) is 0. The van der Waals surface area contributed by atoms with Gasteiger partial charge in [0.05, 0.1) is 24.2 Å². The average molecular weight is 432 g/mol. The van der Waals surface area contributed by atoms with Gasteiger partial charge in [-0.15, -0.1) is 5.10 Å². The van der Waals surface area contributed by atoms with Crippen molar-refractivity contribution in [1.29, 1.82) is 0 Å². The molecule has 164 valence electrons. The van der Waals surface area contributed by atoms with Crippen LogP contribution in [0.1, 0.15) is 30.9 Å². The van der Waals surface area contributed by atoms with Crippen LogP contribution in [0.15, 0.2) is 36.4 Å². The molecule has 0 spiro atoms. The first-order chi connectivity index (χ1) is 14.9. The zero-order valence-electron chi connectivity index (χ0n) is 17.1. The van der Waals surface area contributed by atoms with Crippen LogP contribution < -0.4 is 5.32 Å². The molecule has 6 nitrogen and oxygen atoms in total. The van der Waals surface area contributed by atoms with Crippen LogP contribution in [0, 0.1) is 5.92 Å². The predicted octanol–water partition coefficient (Wildman–Crippen LogP) is 4.18. The molecular formula is C22H23F3N4O2. The standard InChI is InChI=1S/C22H23F3N4O2/c1-2-31-19(30)12-26-11-14-5-7-16(8-6-14)17-9-10-18-21(20(17)22(23,24)25)27-28-29(18)13-15-3-4-15/h5-10,15,26H,2-4,11-13H2,1H3. The number of fused-ring (bicyclic) bond motifs is 1. The van der Waals surface area contributed by atoms with E-state index in [9.17, 15) is 18.0 Å². The van der Waals surface area contributed by atoms with Gasteiger partial charge in [-0.2, -0.15) is 13.2 Å². The van der Waals surface area contributed by atoms with E-state index in [-0.39, 0.29) is 23.6 Å². The van der Waals surface area contributed by atoms with E-state index in [2.05, 4.69) is 15.6 Å². The molecule has 0 bridgehead atoms. The number of rotatable bonds is 8. The highest BCUT2D eigenvalue weighted by Gasteiger charge is 2.38. The number of carbonyl (C=O) groups is 1. The van der Waals surface area contributed by atoms with E-state index in [1.807, 2.05) is 0 Å². The van der Waals surface area contributed by atoms with E-state index < -0.39 is 11.7 Å². The lowest BCUT2D eigenvalue weighted by molar-refractivity contribution is -0.142. The van der Waals surface area contributed by atoms with Gasteiger partial charge in [0, 0.05) is 13.1 Å². The van der Waals surface area contributed by atoms with Crippen molar-refractivity contribution >= 4 is 17.0 Å². The van der Waals surface area contributed by atoms with Gasteiger partial charge in [-0.1, -0.05) is 35.5 Å². The number of hydrogen-bond acceptors (Lipinski definition) is 5. The Labute approximate surface area is 177 Å². The molecule has 9 heteroatoms. The van der Waals surface area contributed by atoms with E-state index in [1.165, 1.54) is 6.07 Å². The lowest BCUT2D eigenvalue weighted by atomic mass is 9.97. The highest BCUT2D eigenvalue weighted by molar-refractivity contribution is 5.87. The molecule has 1 aromatic heterocycles. The van der Waals surface area contributed by atoms with Crippen LogP contribution in [0.4, 0.5) is 13.2 Å². The number of alkyl halides is 3. The second-order valence-electron chi connectivity index (χ2n) is 7.67. The lowest BCUT2D eigenvalue weighted by Crippen LogP contribution is -2.24. The molecule has 1 N–H and O–H groups in total. The summed E-state index contributed by atoms with van der Waals surface area (Å²) in [5, 5.41) is 10.8. The van der Waals surface area contributed by atoms with E-state index in [1.54, 1.807) is 41.9 Å². The molecule has 0 saturated heterocycles. The normalized spacial score (nSPS) is 14.2. The second kappa shape index (κ2) is 8.66. The Bertz CT molecular complexity index is 1070. The molecule has 0 amide bonds. The lowest BCUT2D eigenvalue weighted by Gasteiger charge is -2.14. The van der Waals surface area contributed by atoms with Crippen molar-refractivity contribution in [3.63, 3.8) is 0 Å². The summed E-state index contributed by atoms with van der Waals surface area (Å²) < 4.78 is 48.4. The van der Waals surface area contributed by atoms with Crippen molar-refractivity contribution in [2.45, 2.75) is 39.0 Å².